The van der Waals surface area contributed by atoms with E-state index in [2.05, 4.69) is 4.98 Å². The van der Waals surface area contributed by atoms with Crippen molar-refractivity contribution in [3.8, 4) is 11.5 Å². The molecule has 3 rings (SSSR count). The normalized spacial score (nSPS) is 10.8. The molecule has 0 N–H and O–H groups in total. The number of aromatic nitrogens is 2. The largest absolute Gasteiger partial charge is 0.494 e. The summed E-state index contributed by atoms with van der Waals surface area (Å²) in [7, 11) is 3.05. The molecule has 0 aliphatic carbocycles. The first-order valence-electron chi connectivity index (χ1n) is 7.11. The molecule has 0 radical (unpaired) electrons. The summed E-state index contributed by atoms with van der Waals surface area (Å²) < 4.78 is 26.8. The van der Waals surface area contributed by atoms with Crippen molar-refractivity contribution in [3.05, 3.63) is 53.6 Å². The Morgan fingerprint density at radius 1 is 1.33 bits per heavy atom. The smallest absolute Gasteiger partial charge is 0.346 e. The Kier molecular flexibility index (Phi) is 4.40. The van der Waals surface area contributed by atoms with E-state index >= 15 is 0 Å². The fourth-order valence-electron chi connectivity index (χ4n) is 2.43. The van der Waals surface area contributed by atoms with Gasteiger partial charge < -0.3 is 14.0 Å². The number of halogens is 2. The average Bonchev–Trinajstić information content (AvgIpc) is 2.93. The average molecular weight is 349 g/mol. The molecule has 2 aromatic carbocycles. The van der Waals surface area contributed by atoms with Crippen molar-refractivity contribution in [2.45, 2.75) is 5.88 Å². The van der Waals surface area contributed by atoms with E-state index in [4.69, 9.17) is 21.1 Å². The van der Waals surface area contributed by atoms with Crippen LogP contribution in [-0.4, -0.2) is 22.6 Å². The molecule has 1 heterocycles. The minimum absolute atomic E-state index is 0.109. The molecular formula is C17H14ClFN2O3. The van der Waals surface area contributed by atoms with Gasteiger partial charge >= 0.3 is 5.97 Å². The third-order valence-corrected chi connectivity index (χ3v) is 3.89. The van der Waals surface area contributed by atoms with Gasteiger partial charge in [0.25, 0.3) is 0 Å². The fraction of sp³-hybridized carbons (Fsp3) is 0.176. The van der Waals surface area contributed by atoms with Crippen LogP contribution in [0.3, 0.4) is 0 Å². The SMILES string of the molecule is COc1cc(C(=O)Oc2ccccc2)c(F)c2c1nc(CCl)n2C. The molecule has 3 aromatic rings. The quantitative estimate of drug-likeness (QED) is 0.410. The van der Waals surface area contributed by atoms with Crippen LogP contribution in [0.2, 0.25) is 0 Å². The van der Waals surface area contributed by atoms with Crippen LogP contribution in [0.5, 0.6) is 11.5 Å². The van der Waals surface area contributed by atoms with Crippen LogP contribution in [0.1, 0.15) is 16.2 Å². The molecule has 24 heavy (non-hydrogen) atoms. The number of fused-ring (bicyclic) bond motifs is 1. The Balaban J connectivity index is 2.12. The van der Waals surface area contributed by atoms with Gasteiger partial charge in [0.05, 0.1) is 13.0 Å². The number of hydrogen-bond donors (Lipinski definition) is 0. The van der Waals surface area contributed by atoms with Crippen molar-refractivity contribution >= 4 is 28.6 Å². The summed E-state index contributed by atoms with van der Waals surface area (Å²) in [5.74, 6) is -0.355. The summed E-state index contributed by atoms with van der Waals surface area (Å²) in [6.07, 6.45) is 0. The van der Waals surface area contributed by atoms with Gasteiger partial charge in [0.15, 0.2) is 5.82 Å². The van der Waals surface area contributed by atoms with Gasteiger partial charge in [0.1, 0.15) is 33.9 Å². The lowest BCUT2D eigenvalue weighted by molar-refractivity contribution is 0.0730. The first-order valence-corrected chi connectivity index (χ1v) is 7.65. The van der Waals surface area contributed by atoms with Crippen molar-refractivity contribution in [3.63, 3.8) is 0 Å². The Morgan fingerprint density at radius 3 is 2.67 bits per heavy atom. The highest BCUT2D eigenvalue weighted by Crippen LogP contribution is 2.31. The van der Waals surface area contributed by atoms with E-state index in [0.717, 1.165) is 0 Å². The van der Waals surface area contributed by atoms with Gasteiger partial charge in [-0.3, -0.25) is 0 Å². The van der Waals surface area contributed by atoms with Gasteiger partial charge in [-0.05, 0) is 12.1 Å². The lowest BCUT2D eigenvalue weighted by Gasteiger charge is -2.09. The monoisotopic (exact) mass is 348 g/mol. The van der Waals surface area contributed by atoms with Crippen LogP contribution in [0, 0.1) is 5.82 Å². The second-order valence-electron chi connectivity index (χ2n) is 5.06. The number of hydrogen-bond acceptors (Lipinski definition) is 4. The molecule has 0 aliphatic rings. The molecule has 0 saturated heterocycles. The van der Waals surface area contributed by atoms with Gasteiger partial charge in [-0.15, -0.1) is 11.6 Å². The molecule has 0 saturated carbocycles. The molecule has 5 nitrogen and oxygen atoms in total. The van der Waals surface area contributed by atoms with E-state index in [0.29, 0.717) is 17.1 Å². The number of para-hydroxylation sites is 1. The standard InChI is InChI=1S/C17H14ClFN2O3/c1-21-13(9-18)20-15-12(23-2)8-11(14(19)16(15)21)17(22)24-10-6-4-3-5-7-10/h3-8H,9H2,1-2H3. The van der Waals surface area contributed by atoms with Crippen LogP contribution in [-0.2, 0) is 12.9 Å². The Morgan fingerprint density at radius 2 is 2.04 bits per heavy atom. The minimum atomic E-state index is -0.812. The molecule has 0 amide bonds. The van der Waals surface area contributed by atoms with Crippen molar-refractivity contribution < 1.29 is 18.7 Å². The van der Waals surface area contributed by atoms with E-state index in [9.17, 15) is 9.18 Å². The summed E-state index contributed by atoms with van der Waals surface area (Å²) >= 11 is 5.82. The molecule has 0 bridgehead atoms. The first kappa shape index (κ1) is 16.3. The zero-order valence-electron chi connectivity index (χ0n) is 13.0. The number of carbonyl (C=O) groups is 1. The number of aryl methyl sites for hydroxylation is 1. The van der Waals surface area contributed by atoms with Gasteiger partial charge in [0.2, 0.25) is 0 Å². The number of nitrogens with zero attached hydrogens (tertiary/aromatic N) is 2. The van der Waals surface area contributed by atoms with Crippen molar-refractivity contribution in [1.82, 2.24) is 9.55 Å². The molecule has 1 aromatic heterocycles. The van der Waals surface area contributed by atoms with E-state index in [1.807, 2.05) is 0 Å². The third-order valence-electron chi connectivity index (χ3n) is 3.65. The molecule has 0 aliphatic heterocycles. The van der Waals surface area contributed by atoms with Crippen LogP contribution in [0.4, 0.5) is 4.39 Å². The van der Waals surface area contributed by atoms with Gasteiger partial charge in [0, 0.05) is 13.1 Å². The zero-order valence-corrected chi connectivity index (χ0v) is 13.8. The Labute approximate surface area is 142 Å². The number of rotatable bonds is 4. The maximum Gasteiger partial charge on any atom is 0.346 e. The molecule has 0 spiro atoms. The van der Waals surface area contributed by atoms with Crippen LogP contribution in [0.15, 0.2) is 36.4 Å². The van der Waals surface area contributed by atoms with Gasteiger partial charge in [-0.25, -0.2) is 14.2 Å². The maximum absolute atomic E-state index is 14.9. The van der Waals surface area contributed by atoms with Crippen molar-refractivity contribution in [2.24, 2.45) is 7.05 Å². The van der Waals surface area contributed by atoms with Crippen molar-refractivity contribution in [1.29, 1.82) is 0 Å². The van der Waals surface area contributed by atoms with E-state index in [-0.39, 0.29) is 22.7 Å². The van der Waals surface area contributed by atoms with Crippen LogP contribution in [0.25, 0.3) is 11.0 Å². The number of methoxy groups -OCH3 is 1. The Bertz CT molecular complexity index is 909. The molecular weight excluding hydrogens is 335 g/mol. The van der Waals surface area contributed by atoms with E-state index < -0.39 is 11.8 Å². The van der Waals surface area contributed by atoms with E-state index in [1.54, 1.807) is 37.4 Å². The van der Waals surface area contributed by atoms with Crippen LogP contribution < -0.4 is 9.47 Å². The highest BCUT2D eigenvalue weighted by Gasteiger charge is 2.24. The third kappa shape index (κ3) is 2.69. The lowest BCUT2D eigenvalue weighted by Crippen LogP contribution is -2.12. The summed E-state index contributed by atoms with van der Waals surface area (Å²) in [6, 6.07) is 9.74. The predicted molar refractivity (Wildman–Crippen MR) is 88.2 cm³/mol. The zero-order chi connectivity index (χ0) is 17.3. The first-order chi connectivity index (χ1) is 11.6. The number of benzene rings is 2. The lowest BCUT2D eigenvalue weighted by atomic mass is 10.1. The molecule has 124 valence electrons. The molecule has 7 heteroatoms. The summed E-state index contributed by atoms with van der Waals surface area (Å²) in [5.41, 5.74) is 0.224. The molecule has 0 unspecified atom stereocenters. The van der Waals surface area contributed by atoms with Gasteiger partial charge in [-0.2, -0.15) is 0 Å². The number of alkyl halides is 1. The highest BCUT2D eigenvalue weighted by atomic mass is 35.5. The topological polar surface area (TPSA) is 53.4 Å². The summed E-state index contributed by atoms with van der Waals surface area (Å²) in [5, 5.41) is 0. The number of carbonyl (C=O) groups excluding carboxylic acids is 1. The minimum Gasteiger partial charge on any atom is -0.494 e. The van der Waals surface area contributed by atoms with E-state index in [1.165, 1.54) is 17.7 Å². The summed E-state index contributed by atoms with van der Waals surface area (Å²) in [4.78, 5) is 16.6. The number of imidazole rings is 1. The maximum atomic E-state index is 14.9. The van der Waals surface area contributed by atoms with Crippen LogP contribution >= 0.6 is 11.6 Å². The predicted octanol–water partition coefficient (Wildman–Crippen LogP) is 3.68. The second-order valence-corrected chi connectivity index (χ2v) is 5.33. The summed E-state index contributed by atoms with van der Waals surface area (Å²) in [6.45, 7) is 0. The highest BCUT2D eigenvalue weighted by molar-refractivity contribution is 6.17. The number of esters is 1. The molecule has 0 fully saturated rings. The van der Waals surface area contributed by atoms with Crippen molar-refractivity contribution in [2.75, 3.05) is 7.11 Å². The Hall–Kier alpha value is -2.60. The molecule has 0 atom stereocenters. The fourth-order valence-corrected chi connectivity index (χ4v) is 2.67. The van der Waals surface area contributed by atoms with Gasteiger partial charge in [-0.1, -0.05) is 18.2 Å². The second kappa shape index (κ2) is 6.49. The number of ether oxygens (including phenoxy) is 2.